The number of halogens is 2. The van der Waals surface area contributed by atoms with Crippen LogP contribution in [0.5, 0.6) is 0 Å². The molecule has 0 bridgehead atoms. The van der Waals surface area contributed by atoms with Crippen LogP contribution in [0.25, 0.3) is 0 Å². The van der Waals surface area contributed by atoms with Crippen molar-refractivity contribution < 1.29 is 18.0 Å². The topological polar surface area (TPSA) is 92.3 Å². The molecule has 0 atom stereocenters. The molecule has 0 aliphatic rings. The van der Waals surface area contributed by atoms with Gasteiger partial charge in [0.05, 0.1) is 14.9 Å². The Bertz CT molecular complexity index is 928. The van der Waals surface area contributed by atoms with Gasteiger partial charge in [-0.1, -0.05) is 35.3 Å². The molecule has 2 aromatic carbocycles. The molecule has 0 radical (unpaired) electrons. The summed E-state index contributed by atoms with van der Waals surface area (Å²) in [5.41, 5.74) is 5.52. The molecule has 0 heterocycles. The normalized spacial score (nSPS) is 11.0. The van der Waals surface area contributed by atoms with E-state index < -0.39 is 21.7 Å². The summed E-state index contributed by atoms with van der Waals surface area (Å²) >= 11 is 12.0. The van der Waals surface area contributed by atoms with Crippen molar-refractivity contribution >= 4 is 44.9 Å². The molecule has 0 saturated heterocycles. The van der Waals surface area contributed by atoms with E-state index in [1.807, 2.05) is 0 Å². The van der Waals surface area contributed by atoms with Gasteiger partial charge in [-0.3, -0.25) is 20.4 Å². The highest BCUT2D eigenvalue weighted by atomic mass is 35.5. The molecule has 9 heteroatoms. The number of benzene rings is 2. The van der Waals surface area contributed by atoms with Gasteiger partial charge in [0.25, 0.3) is 5.91 Å². The number of sulfone groups is 1. The van der Waals surface area contributed by atoms with Crippen molar-refractivity contribution in [2.75, 3.05) is 6.26 Å². The molecule has 0 aromatic heterocycles. The van der Waals surface area contributed by atoms with E-state index in [4.69, 9.17) is 23.2 Å². The molecule has 0 fully saturated rings. The average molecular weight is 415 g/mol. The summed E-state index contributed by atoms with van der Waals surface area (Å²) in [4.78, 5) is 23.9. The van der Waals surface area contributed by atoms with E-state index in [1.165, 1.54) is 24.3 Å². The average Bonchev–Trinajstić information content (AvgIpc) is 2.60. The minimum Gasteiger partial charge on any atom is -0.273 e. The van der Waals surface area contributed by atoms with Crippen molar-refractivity contribution in [1.82, 2.24) is 10.9 Å². The maximum absolute atomic E-state index is 12.0. The van der Waals surface area contributed by atoms with Gasteiger partial charge in [0.1, 0.15) is 0 Å². The molecule has 138 valence electrons. The van der Waals surface area contributed by atoms with Gasteiger partial charge in [-0.15, -0.1) is 0 Å². The van der Waals surface area contributed by atoms with Crippen LogP contribution in [0.4, 0.5) is 0 Å². The highest BCUT2D eigenvalue weighted by Crippen LogP contribution is 2.26. The van der Waals surface area contributed by atoms with Gasteiger partial charge in [-0.05, 0) is 42.3 Å². The number of hydrogen-bond donors (Lipinski definition) is 2. The lowest BCUT2D eigenvalue weighted by Gasteiger charge is -2.09. The molecule has 2 rings (SSSR count). The fourth-order valence-corrected chi connectivity index (χ4v) is 3.15. The summed E-state index contributed by atoms with van der Waals surface area (Å²) in [5.74, 6) is -0.957. The smallest absolute Gasteiger partial charge is 0.269 e. The molecule has 0 aliphatic carbocycles. The second kappa shape index (κ2) is 8.53. The lowest BCUT2D eigenvalue weighted by Crippen LogP contribution is -2.41. The first kappa shape index (κ1) is 20.2. The van der Waals surface area contributed by atoms with Crippen molar-refractivity contribution in [3.8, 4) is 0 Å². The Morgan fingerprint density at radius 3 is 2.27 bits per heavy atom. The second-order valence-electron chi connectivity index (χ2n) is 5.51. The van der Waals surface area contributed by atoms with E-state index >= 15 is 0 Å². The summed E-state index contributed by atoms with van der Waals surface area (Å²) in [6, 6.07) is 10.5. The standard InChI is InChI=1S/C17H16Cl2N2O4S/c1-26(24,25)13-8-5-12(6-9-13)17(23)21-20-15(22)10-7-11-3-2-4-14(18)16(11)19/h2-6,8-9H,7,10H2,1H3,(H,20,22)(H,21,23). The third-order valence-electron chi connectivity index (χ3n) is 3.51. The van der Waals surface area contributed by atoms with Gasteiger partial charge >= 0.3 is 0 Å². The lowest BCUT2D eigenvalue weighted by molar-refractivity contribution is -0.121. The highest BCUT2D eigenvalue weighted by molar-refractivity contribution is 7.90. The number of nitrogens with one attached hydrogen (secondary N) is 2. The Morgan fingerprint density at radius 2 is 1.65 bits per heavy atom. The Kier molecular flexibility index (Phi) is 6.63. The first-order valence-electron chi connectivity index (χ1n) is 7.50. The third-order valence-corrected chi connectivity index (χ3v) is 5.50. The number of carbonyl (C=O) groups excluding carboxylic acids is 2. The zero-order chi connectivity index (χ0) is 19.3. The number of hydrogen-bond acceptors (Lipinski definition) is 4. The van der Waals surface area contributed by atoms with Crippen molar-refractivity contribution in [1.29, 1.82) is 0 Å². The van der Waals surface area contributed by atoms with Crippen molar-refractivity contribution in [2.45, 2.75) is 17.7 Å². The van der Waals surface area contributed by atoms with Gasteiger partial charge < -0.3 is 0 Å². The number of aryl methyl sites for hydroxylation is 1. The highest BCUT2D eigenvalue weighted by Gasteiger charge is 2.11. The SMILES string of the molecule is CS(=O)(=O)c1ccc(C(=O)NNC(=O)CCc2cccc(Cl)c2Cl)cc1. The molecule has 6 nitrogen and oxygen atoms in total. The van der Waals surface area contributed by atoms with E-state index in [1.54, 1.807) is 18.2 Å². The Balaban J connectivity index is 1.87. The molecule has 0 saturated carbocycles. The third kappa shape index (κ3) is 5.45. The van der Waals surface area contributed by atoms with Crippen LogP contribution in [0.3, 0.4) is 0 Å². The van der Waals surface area contributed by atoms with Gasteiger partial charge in [0.2, 0.25) is 5.91 Å². The molecular formula is C17H16Cl2N2O4S. The summed E-state index contributed by atoms with van der Waals surface area (Å²) in [6.07, 6.45) is 1.55. The van der Waals surface area contributed by atoms with Gasteiger partial charge in [-0.2, -0.15) is 0 Å². The maximum atomic E-state index is 12.0. The molecule has 0 spiro atoms. The Morgan fingerprint density at radius 1 is 1.00 bits per heavy atom. The van der Waals surface area contributed by atoms with Crippen LogP contribution in [0.15, 0.2) is 47.4 Å². The zero-order valence-electron chi connectivity index (χ0n) is 13.8. The number of carbonyl (C=O) groups is 2. The fraction of sp³-hybridized carbons (Fsp3) is 0.176. The molecule has 2 N–H and O–H groups in total. The van der Waals surface area contributed by atoms with E-state index in [-0.39, 0.29) is 16.9 Å². The second-order valence-corrected chi connectivity index (χ2v) is 8.31. The van der Waals surface area contributed by atoms with Crippen LogP contribution >= 0.6 is 23.2 Å². The minimum absolute atomic E-state index is 0.105. The van der Waals surface area contributed by atoms with Crippen molar-refractivity contribution in [2.24, 2.45) is 0 Å². The predicted molar refractivity (Wildman–Crippen MR) is 99.9 cm³/mol. The fourth-order valence-electron chi connectivity index (χ4n) is 2.10. The maximum Gasteiger partial charge on any atom is 0.269 e. The molecule has 26 heavy (non-hydrogen) atoms. The number of hydrazine groups is 1. The van der Waals surface area contributed by atoms with E-state index in [0.29, 0.717) is 16.5 Å². The van der Waals surface area contributed by atoms with Crippen LogP contribution < -0.4 is 10.9 Å². The molecule has 0 aliphatic heterocycles. The van der Waals surface area contributed by atoms with Crippen LogP contribution in [0.2, 0.25) is 10.0 Å². The van der Waals surface area contributed by atoms with Crippen LogP contribution in [-0.2, 0) is 21.1 Å². The largest absolute Gasteiger partial charge is 0.273 e. The summed E-state index contributed by atoms with van der Waals surface area (Å²) in [5, 5.41) is 0.812. The van der Waals surface area contributed by atoms with Crippen LogP contribution in [-0.4, -0.2) is 26.5 Å². The van der Waals surface area contributed by atoms with E-state index in [0.717, 1.165) is 11.8 Å². The first-order valence-corrected chi connectivity index (χ1v) is 10.2. The predicted octanol–water partition coefficient (Wildman–Crippen LogP) is 2.79. The number of rotatable bonds is 5. The van der Waals surface area contributed by atoms with Crippen LogP contribution in [0.1, 0.15) is 22.3 Å². The minimum atomic E-state index is -3.33. The van der Waals surface area contributed by atoms with E-state index in [2.05, 4.69) is 10.9 Å². The van der Waals surface area contributed by atoms with Gasteiger partial charge in [0, 0.05) is 18.2 Å². The summed E-state index contributed by atoms with van der Waals surface area (Å²) in [6.45, 7) is 0. The summed E-state index contributed by atoms with van der Waals surface area (Å²) in [7, 11) is -3.33. The first-order chi connectivity index (χ1) is 12.2. The monoisotopic (exact) mass is 414 g/mol. The Hall–Kier alpha value is -2.09. The van der Waals surface area contributed by atoms with Gasteiger partial charge in [0.15, 0.2) is 9.84 Å². The van der Waals surface area contributed by atoms with Crippen molar-refractivity contribution in [3.05, 3.63) is 63.6 Å². The van der Waals surface area contributed by atoms with Crippen molar-refractivity contribution in [3.63, 3.8) is 0 Å². The molecule has 2 aromatic rings. The van der Waals surface area contributed by atoms with Crippen LogP contribution in [0, 0.1) is 0 Å². The lowest BCUT2D eigenvalue weighted by atomic mass is 10.1. The van der Waals surface area contributed by atoms with E-state index in [9.17, 15) is 18.0 Å². The molecular weight excluding hydrogens is 399 g/mol. The Labute approximate surface area is 161 Å². The summed E-state index contributed by atoms with van der Waals surface area (Å²) < 4.78 is 22.8. The van der Waals surface area contributed by atoms with Gasteiger partial charge in [-0.25, -0.2) is 8.42 Å². The number of amides is 2. The molecule has 0 unspecified atom stereocenters. The quantitative estimate of drug-likeness (QED) is 0.735. The molecule has 2 amide bonds. The zero-order valence-corrected chi connectivity index (χ0v) is 16.1.